The van der Waals surface area contributed by atoms with Crippen LogP contribution >= 0.6 is 46.1 Å². The maximum absolute atomic E-state index is 13.8. The van der Waals surface area contributed by atoms with Crippen molar-refractivity contribution < 1.29 is 19.0 Å². The largest absolute Gasteiger partial charge is 0.496 e. The minimum atomic E-state index is -0.671. The molecule has 0 amide bonds. The van der Waals surface area contributed by atoms with Crippen LogP contribution in [-0.4, -0.2) is 24.8 Å². The summed E-state index contributed by atoms with van der Waals surface area (Å²) in [5.41, 5.74) is 2.77. The molecule has 4 aromatic rings. The van der Waals surface area contributed by atoms with Gasteiger partial charge in [0.15, 0.2) is 10.6 Å². The molecule has 0 bridgehead atoms. The predicted molar refractivity (Wildman–Crippen MR) is 161 cm³/mol. The predicted octanol–water partition coefficient (Wildman–Crippen LogP) is 5.96. The van der Waals surface area contributed by atoms with E-state index in [9.17, 15) is 9.59 Å². The number of ether oxygens (including phenoxy) is 3. The van der Waals surface area contributed by atoms with Crippen molar-refractivity contribution in [2.75, 3.05) is 14.2 Å². The lowest BCUT2D eigenvalue weighted by Gasteiger charge is -2.24. The highest BCUT2D eigenvalue weighted by atomic mass is 35.5. The molecule has 0 fully saturated rings. The maximum atomic E-state index is 13.8. The van der Waals surface area contributed by atoms with Crippen molar-refractivity contribution in [3.8, 4) is 11.5 Å². The molecule has 11 heteroatoms. The molecule has 3 aromatic carbocycles. The number of hydrogen-bond acceptors (Lipinski definition) is 7. The number of fused-ring (bicyclic) bond motifs is 1. The van der Waals surface area contributed by atoms with E-state index in [0.717, 1.165) is 11.1 Å². The Labute approximate surface area is 254 Å². The summed E-state index contributed by atoms with van der Waals surface area (Å²) in [7, 11) is 2.87. The number of halogens is 3. The third-order valence-electron chi connectivity index (χ3n) is 6.48. The van der Waals surface area contributed by atoms with Crippen LogP contribution in [0.5, 0.6) is 11.5 Å². The number of hydrogen-bond donors (Lipinski definition) is 0. The van der Waals surface area contributed by atoms with Gasteiger partial charge in [-0.25, -0.2) is 9.79 Å². The number of thiazole rings is 1. The molecule has 1 aliphatic rings. The van der Waals surface area contributed by atoms with Gasteiger partial charge in [0, 0.05) is 10.6 Å². The molecule has 2 heterocycles. The van der Waals surface area contributed by atoms with Crippen molar-refractivity contribution >= 4 is 58.2 Å². The zero-order chi connectivity index (χ0) is 29.3. The Morgan fingerprint density at radius 3 is 2.41 bits per heavy atom. The maximum Gasteiger partial charge on any atom is 0.338 e. The average molecular weight is 630 g/mol. The molecule has 0 unspecified atom stereocenters. The van der Waals surface area contributed by atoms with Crippen molar-refractivity contribution in [3.05, 3.63) is 123 Å². The molecule has 1 aromatic heterocycles. The van der Waals surface area contributed by atoms with Crippen LogP contribution in [0.2, 0.25) is 15.1 Å². The van der Waals surface area contributed by atoms with Crippen LogP contribution in [0, 0.1) is 0 Å². The minimum Gasteiger partial charge on any atom is -0.496 e. The molecule has 0 saturated carbocycles. The molecule has 0 aliphatic carbocycles. The summed E-state index contributed by atoms with van der Waals surface area (Å²) in [5.74, 6) is 0.360. The van der Waals surface area contributed by atoms with Gasteiger partial charge in [-0.05, 0) is 48.4 Å². The first-order chi connectivity index (χ1) is 19.7. The number of allylic oxidation sites excluding steroid dienone is 1. The van der Waals surface area contributed by atoms with E-state index in [-0.39, 0.29) is 22.2 Å². The van der Waals surface area contributed by atoms with Gasteiger partial charge in [-0.15, -0.1) is 0 Å². The van der Waals surface area contributed by atoms with E-state index >= 15 is 0 Å². The standard InChI is InChI=1S/C30H23Cl3N2O5S/c1-16-25(29(37)39-3)26(18-7-5-4-6-8-18)35-28(36)24(41-30(35)34-16)12-17-9-10-23(38-2)19(11-17)15-40-27-21(32)13-20(31)14-22(27)33/h4-14,26H,15H2,1-3H3/t26-/m0/s1. The fraction of sp³-hybridized carbons (Fsp3) is 0.167. The van der Waals surface area contributed by atoms with E-state index in [0.29, 0.717) is 42.7 Å². The highest BCUT2D eigenvalue weighted by molar-refractivity contribution is 7.07. The van der Waals surface area contributed by atoms with Gasteiger partial charge in [0.05, 0.1) is 46.1 Å². The first-order valence-electron chi connectivity index (χ1n) is 12.3. The first-order valence-corrected chi connectivity index (χ1v) is 14.3. The fourth-order valence-corrected chi connectivity index (χ4v) is 6.59. The summed E-state index contributed by atoms with van der Waals surface area (Å²) in [6.07, 6.45) is 1.77. The van der Waals surface area contributed by atoms with Gasteiger partial charge in [0.1, 0.15) is 12.4 Å². The second-order valence-corrected chi connectivity index (χ2v) is 11.3. The first kappa shape index (κ1) is 29.0. The number of carbonyl (C=O) groups is 1. The molecule has 0 radical (unpaired) electrons. The normalized spacial score (nSPS) is 14.9. The van der Waals surface area contributed by atoms with E-state index < -0.39 is 12.0 Å². The molecule has 5 rings (SSSR count). The van der Waals surface area contributed by atoms with Crippen molar-refractivity contribution in [2.45, 2.75) is 19.6 Å². The Balaban J connectivity index is 1.57. The third-order valence-corrected chi connectivity index (χ3v) is 8.24. The highest BCUT2D eigenvalue weighted by Gasteiger charge is 2.32. The molecule has 1 aliphatic heterocycles. The molecule has 7 nitrogen and oxygen atoms in total. The Morgan fingerprint density at radius 2 is 1.76 bits per heavy atom. The van der Waals surface area contributed by atoms with Gasteiger partial charge in [-0.2, -0.15) is 0 Å². The number of methoxy groups -OCH3 is 2. The third kappa shape index (κ3) is 5.78. The Bertz CT molecular complexity index is 1840. The number of aromatic nitrogens is 1. The SMILES string of the molecule is COC(=O)C1=C(C)N=c2sc(=Cc3ccc(OC)c(COc4c(Cl)cc(Cl)cc4Cl)c3)c(=O)n2[C@H]1c1ccccc1. The van der Waals surface area contributed by atoms with Crippen LogP contribution in [0.25, 0.3) is 6.08 Å². The highest BCUT2D eigenvalue weighted by Crippen LogP contribution is 2.37. The number of nitrogens with zero attached hydrogens (tertiary/aromatic N) is 2. The molecule has 0 saturated heterocycles. The smallest absolute Gasteiger partial charge is 0.338 e. The van der Waals surface area contributed by atoms with Crippen LogP contribution < -0.4 is 24.4 Å². The molecule has 1 atom stereocenters. The Morgan fingerprint density at radius 1 is 1.05 bits per heavy atom. The van der Waals surface area contributed by atoms with Gasteiger partial charge in [0.2, 0.25) is 0 Å². The van der Waals surface area contributed by atoms with Crippen molar-refractivity contribution in [1.29, 1.82) is 0 Å². The van der Waals surface area contributed by atoms with E-state index in [2.05, 4.69) is 4.99 Å². The molecule has 0 spiro atoms. The summed E-state index contributed by atoms with van der Waals surface area (Å²) < 4.78 is 18.5. The van der Waals surface area contributed by atoms with E-state index in [1.165, 1.54) is 18.4 Å². The van der Waals surface area contributed by atoms with Crippen LogP contribution in [0.3, 0.4) is 0 Å². The molecule has 0 N–H and O–H groups in total. The van der Waals surface area contributed by atoms with Crippen molar-refractivity contribution in [3.63, 3.8) is 0 Å². The van der Waals surface area contributed by atoms with Crippen molar-refractivity contribution in [2.24, 2.45) is 4.99 Å². The average Bonchev–Trinajstić information content (AvgIpc) is 3.25. The van der Waals surface area contributed by atoms with Crippen LogP contribution in [0.1, 0.15) is 29.7 Å². The summed E-state index contributed by atoms with van der Waals surface area (Å²) >= 11 is 19.8. The van der Waals surface area contributed by atoms with E-state index in [1.54, 1.807) is 42.9 Å². The lowest BCUT2D eigenvalue weighted by atomic mass is 9.96. The lowest BCUT2D eigenvalue weighted by Crippen LogP contribution is -2.39. The Hall–Kier alpha value is -3.56. The van der Waals surface area contributed by atoms with E-state index in [1.807, 2.05) is 42.5 Å². The van der Waals surface area contributed by atoms with Gasteiger partial charge in [-0.1, -0.05) is 82.5 Å². The molecule has 41 heavy (non-hydrogen) atoms. The Kier molecular flexibility index (Phi) is 8.56. The van der Waals surface area contributed by atoms with Crippen LogP contribution in [-0.2, 0) is 16.1 Å². The van der Waals surface area contributed by atoms with Crippen LogP contribution in [0.15, 0.2) is 81.7 Å². The van der Waals surface area contributed by atoms with Gasteiger partial charge < -0.3 is 14.2 Å². The summed E-state index contributed by atoms with van der Waals surface area (Å²) in [4.78, 5) is 31.7. The number of benzene rings is 3. The quantitative estimate of drug-likeness (QED) is 0.236. The minimum absolute atomic E-state index is 0.100. The fourth-order valence-electron chi connectivity index (χ4n) is 4.61. The summed E-state index contributed by atoms with van der Waals surface area (Å²) in [6.45, 7) is 1.84. The lowest BCUT2D eigenvalue weighted by molar-refractivity contribution is -0.136. The van der Waals surface area contributed by atoms with Gasteiger partial charge in [-0.3, -0.25) is 9.36 Å². The van der Waals surface area contributed by atoms with Crippen LogP contribution in [0.4, 0.5) is 0 Å². The monoisotopic (exact) mass is 628 g/mol. The molecule has 210 valence electrons. The summed E-state index contributed by atoms with van der Waals surface area (Å²) in [5, 5.41) is 0.971. The zero-order valence-electron chi connectivity index (χ0n) is 22.1. The van der Waals surface area contributed by atoms with Gasteiger partial charge in [0.25, 0.3) is 5.56 Å². The van der Waals surface area contributed by atoms with Crippen molar-refractivity contribution in [1.82, 2.24) is 4.57 Å². The molecular weight excluding hydrogens is 607 g/mol. The number of rotatable bonds is 7. The number of carbonyl (C=O) groups excluding carboxylic acids is 1. The van der Waals surface area contributed by atoms with E-state index in [4.69, 9.17) is 49.0 Å². The topological polar surface area (TPSA) is 79.1 Å². The second kappa shape index (κ2) is 12.1. The summed E-state index contributed by atoms with van der Waals surface area (Å²) in [6, 6.07) is 17.3. The van der Waals surface area contributed by atoms with Gasteiger partial charge >= 0.3 is 5.97 Å². The number of esters is 1. The molecular formula is C30H23Cl3N2O5S. The second-order valence-electron chi connectivity index (χ2n) is 9.04. The zero-order valence-corrected chi connectivity index (χ0v) is 25.2.